The molecule has 0 radical (unpaired) electrons. The number of nitrogens with zero attached hydrogens (tertiary/aromatic N) is 4. The maximum atomic E-state index is 9.22. The van der Waals surface area contributed by atoms with Crippen LogP contribution in [0.3, 0.4) is 0 Å². The highest BCUT2D eigenvalue weighted by atomic mass is 16.3. The van der Waals surface area contributed by atoms with Crippen LogP contribution in [0.4, 0.5) is 11.5 Å². The standard InChI is InChI=1S/C14H11N5O/c15-7-10-4-11(8-20)6-12(5-10)18-14-13-2-1-3-19(13)17-9-16-14/h1-6,9,20H,8H2,(H,16,17,18). The predicted octanol–water partition coefficient (Wildman–Crippen LogP) is 1.84. The largest absolute Gasteiger partial charge is 0.392 e. The van der Waals surface area contributed by atoms with Gasteiger partial charge in [-0.1, -0.05) is 0 Å². The van der Waals surface area contributed by atoms with Crippen molar-refractivity contribution in [3.63, 3.8) is 0 Å². The lowest BCUT2D eigenvalue weighted by Crippen LogP contribution is -2.00. The molecule has 98 valence electrons. The van der Waals surface area contributed by atoms with E-state index in [0.29, 0.717) is 22.6 Å². The Morgan fingerprint density at radius 1 is 1.35 bits per heavy atom. The average molecular weight is 265 g/mol. The molecule has 0 aliphatic carbocycles. The van der Waals surface area contributed by atoms with E-state index in [2.05, 4.69) is 21.5 Å². The van der Waals surface area contributed by atoms with Crippen molar-refractivity contribution in [3.8, 4) is 6.07 Å². The van der Waals surface area contributed by atoms with E-state index in [1.165, 1.54) is 6.33 Å². The van der Waals surface area contributed by atoms with Gasteiger partial charge in [0, 0.05) is 11.9 Å². The van der Waals surface area contributed by atoms with Gasteiger partial charge in [-0.2, -0.15) is 10.4 Å². The van der Waals surface area contributed by atoms with Crippen molar-refractivity contribution in [1.82, 2.24) is 14.6 Å². The zero-order chi connectivity index (χ0) is 13.9. The van der Waals surface area contributed by atoms with Crippen molar-refractivity contribution in [2.24, 2.45) is 0 Å². The molecule has 0 aliphatic heterocycles. The fraction of sp³-hybridized carbons (Fsp3) is 0.0714. The van der Waals surface area contributed by atoms with E-state index in [4.69, 9.17) is 5.26 Å². The van der Waals surface area contributed by atoms with Crippen molar-refractivity contribution < 1.29 is 5.11 Å². The summed E-state index contributed by atoms with van der Waals surface area (Å²) in [6, 6.07) is 11.0. The number of hydrogen-bond acceptors (Lipinski definition) is 5. The first-order valence-electron chi connectivity index (χ1n) is 6.00. The summed E-state index contributed by atoms with van der Waals surface area (Å²) < 4.78 is 1.70. The monoisotopic (exact) mass is 265 g/mol. The summed E-state index contributed by atoms with van der Waals surface area (Å²) in [5.74, 6) is 0.643. The number of anilines is 2. The van der Waals surface area contributed by atoms with Crippen LogP contribution < -0.4 is 5.32 Å². The van der Waals surface area contributed by atoms with E-state index in [9.17, 15) is 5.11 Å². The molecule has 6 heteroatoms. The van der Waals surface area contributed by atoms with Gasteiger partial charge in [0.2, 0.25) is 0 Å². The summed E-state index contributed by atoms with van der Waals surface area (Å²) >= 11 is 0. The molecule has 0 spiro atoms. The first-order valence-corrected chi connectivity index (χ1v) is 6.00. The Bertz CT molecular complexity index is 803. The maximum Gasteiger partial charge on any atom is 0.158 e. The molecule has 2 aromatic heterocycles. The highest BCUT2D eigenvalue weighted by molar-refractivity contribution is 5.73. The summed E-state index contributed by atoms with van der Waals surface area (Å²) in [5, 5.41) is 25.4. The third-order valence-corrected chi connectivity index (χ3v) is 2.90. The first kappa shape index (κ1) is 12.1. The van der Waals surface area contributed by atoms with Gasteiger partial charge in [-0.25, -0.2) is 9.50 Å². The molecule has 0 saturated heterocycles. The normalized spacial score (nSPS) is 10.4. The molecule has 3 aromatic rings. The molecule has 0 saturated carbocycles. The topological polar surface area (TPSA) is 86.2 Å². The van der Waals surface area contributed by atoms with E-state index < -0.39 is 0 Å². The molecule has 2 heterocycles. The third kappa shape index (κ3) is 2.18. The van der Waals surface area contributed by atoms with Crippen LogP contribution in [0.5, 0.6) is 0 Å². The zero-order valence-corrected chi connectivity index (χ0v) is 10.5. The van der Waals surface area contributed by atoms with Gasteiger partial charge < -0.3 is 10.4 Å². The molecule has 3 rings (SSSR count). The Balaban J connectivity index is 2.03. The molecule has 0 atom stereocenters. The van der Waals surface area contributed by atoms with Crippen LogP contribution in [0.2, 0.25) is 0 Å². The number of nitriles is 1. The minimum absolute atomic E-state index is 0.117. The fourth-order valence-electron chi connectivity index (χ4n) is 2.02. The molecular formula is C14H11N5O. The summed E-state index contributed by atoms with van der Waals surface area (Å²) in [6.45, 7) is -0.117. The van der Waals surface area contributed by atoms with Crippen molar-refractivity contribution in [2.75, 3.05) is 5.32 Å². The van der Waals surface area contributed by atoms with Crippen molar-refractivity contribution in [2.45, 2.75) is 6.61 Å². The third-order valence-electron chi connectivity index (χ3n) is 2.90. The highest BCUT2D eigenvalue weighted by Crippen LogP contribution is 2.21. The van der Waals surface area contributed by atoms with Crippen LogP contribution in [0.25, 0.3) is 5.52 Å². The summed E-state index contributed by atoms with van der Waals surface area (Å²) in [4.78, 5) is 4.20. The lowest BCUT2D eigenvalue weighted by molar-refractivity contribution is 0.282. The number of aliphatic hydroxyl groups excluding tert-OH is 1. The Morgan fingerprint density at radius 3 is 3.05 bits per heavy atom. The average Bonchev–Trinajstić information content (AvgIpc) is 2.96. The van der Waals surface area contributed by atoms with Gasteiger partial charge in [-0.05, 0) is 35.9 Å². The van der Waals surface area contributed by atoms with E-state index in [0.717, 1.165) is 5.52 Å². The summed E-state index contributed by atoms with van der Waals surface area (Å²) in [6.07, 6.45) is 3.28. The summed E-state index contributed by atoms with van der Waals surface area (Å²) in [7, 11) is 0. The SMILES string of the molecule is N#Cc1cc(CO)cc(Nc2ncnn3cccc23)c1. The quantitative estimate of drug-likeness (QED) is 0.754. The minimum Gasteiger partial charge on any atom is -0.392 e. The molecule has 6 nitrogen and oxygen atoms in total. The van der Waals surface area contributed by atoms with Gasteiger partial charge in [0.05, 0.1) is 18.2 Å². The second-order valence-electron chi connectivity index (χ2n) is 4.26. The van der Waals surface area contributed by atoms with E-state index in [1.807, 2.05) is 18.3 Å². The molecule has 0 aliphatic rings. The smallest absolute Gasteiger partial charge is 0.158 e. The highest BCUT2D eigenvalue weighted by Gasteiger charge is 2.05. The van der Waals surface area contributed by atoms with Crippen LogP contribution in [0, 0.1) is 11.3 Å². The Hall–Kier alpha value is -2.91. The number of benzene rings is 1. The number of fused-ring (bicyclic) bond motifs is 1. The number of hydrogen-bond donors (Lipinski definition) is 2. The lowest BCUT2D eigenvalue weighted by atomic mass is 10.1. The molecule has 1 aromatic carbocycles. The van der Waals surface area contributed by atoms with Gasteiger partial charge in [-0.3, -0.25) is 0 Å². The second kappa shape index (κ2) is 4.99. The second-order valence-corrected chi connectivity index (χ2v) is 4.26. The van der Waals surface area contributed by atoms with Gasteiger partial charge in [-0.15, -0.1) is 0 Å². The Labute approximate surface area is 114 Å². The van der Waals surface area contributed by atoms with E-state index >= 15 is 0 Å². The van der Waals surface area contributed by atoms with Crippen LogP contribution in [0.15, 0.2) is 42.9 Å². The van der Waals surface area contributed by atoms with E-state index in [-0.39, 0.29) is 6.61 Å². The van der Waals surface area contributed by atoms with Gasteiger partial charge in [0.1, 0.15) is 11.8 Å². The molecule has 0 amide bonds. The predicted molar refractivity (Wildman–Crippen MR) is 73.3 cm³/mol. The number of rotatable bonds is 3. The van der Waals surface area contributed by atoms with Crippen molar-refractivity contribution in [1.29, 1.82) is 5.26 Å². The Kier molecular flexibility index (Phi) is 3.03. The fourth-order valence-corrected chi connectivity index (χ4v) is 2.02. The van der Waals surface area contributed by atoms with Gasteiger partial charge >= 0.3 is 0 Å². The molecule has 0 bridgehead atoms. The lowest BCUT2D eigenvalue weighted by Gasteiger charge is -2.08. The van der Waals surface area contributed by atoms with Crippen LogP contribution in [-0.2, 0) is 6.61 Å². The molecule has 0 unspecified atom stereocenters. The minimum atomic E-state index is -0.117. The van der Waals surface area contributed by atoms with Crippen LogP contribution in [-0.4, -0.2) is 19.7 Å². The molecule has 2 N–H and O–H groups in total. The molecule has 20 heavy (non-hydrogen) atoms. The Morgan fingerprint density at radius 2 is 2.25 bits per heavy atom. The van der Waals surface area contributed by atoms with Crippen LogP contribution in [0.1, 0.15) is 11.1 Å². The summed E-state index contributed by atoms with van der Waals surface area (Å²) in [5.41, 5.74) is 2.70. The maximum absolute atomic E-state index is 9.22. The number of nitrogens with one attached hydrogen (secondary N) is 1. The van der Waals surface area contributed by atoms with Gasteiger partial charge in [0.15, 0.2) is 5.82 Å². The van der Waals surface area contributed by atoms with Crippen molar-refractivity contribution >= 4 is 17.0 Å². The first-order chi connectivity index (χ1) is 9.80. The van der Waals surface area contributed by atoms with Gasteiger partial charge in [0.25, 0.3) is 0 Å². The zero-order valence-electron chi connectivity index (χ0n) is 10.5. The number of aromatic nitrogens is 3. The van der Waals surface area contributed by atoms with Crippen LogP contribution >= 0.6 is 0 Å². The van der Waals surface area contributed by atoms with Crippen molar-refractivity contribution in [3.05, 3.63) is 54.0 Å². The molecule has 0 fully saturated rings. The number of aliphatic hydroxyl groups is 1. The van der Waals surface area contributed by atoms with E-state index in [1.54, 1.807) is 22.7 Å². The molecular weight excluding hydrogens is 254 g/mol.